The van der Waals surface area contributed by atoms with Gasteiger partial charge in [0.15, 0.2) is 5.71 Å². The zero-order chi connectivity index (χ0) is 13.7. The van der Waals surface area contributed by atoms with Crippen LogP contribution in [0.2, 0.25) is 0 Å². The zero-order valence-corrected chi connectivity index (χ0v) is 10.7. The quantitative estimate of drug-likeness (QED) is 0.732. The van der Waals surface area contributed by atoms with E-state index in [1.165, 1.54) is 18.4 Å². The molecule has 19 heavy (non-hydrogen) atoms. The number of hydrogen-bond acceptors (Lipinski definition) is 4. The van der Waals surface area contributed by atoms with Crippen molar-refractivity contribution in [3.63, 3.8) is 0 Å². The molecule has 104 valence electrons. The minimum absolute atomic E-state index is 0.0316. The molecule has 1 aliphatic heterocycles. The summed E-state index contributed by atoms with van der Waals surface area (Å²) in [6.07, 6.45) is 7.05. The van der Waals surface area contributed by atoms with Gasteiger partial charge in [0, 0.05) is 13.0 Å². The summed E-state index contributed by atoms with van der Waals surface area (Å²) in [6.45, 7) is 0.562. The largest absolute Gasteiger partial charge is 0.477 e. The third kappa shape index (κ3) is 3.81. The molecule has 0 radical (unpaired) electrons. The van der Waals surface area contributed by atoms with Crippen molar-refractivity contribution in [1.29, 1.82) is 0 Å². The van der Waals surface area contributed by atoms with Crippen LogP contribution >= 0.6 is 0 Å². The van der Waals surface area contributed by atoms with Crippen LogP contribution in [0.1, 0.15) is 38.5 Å². The van der Waals surface area contributed by atoms with Gasteiger partial charge in [0.2, 0.25) is 6.10 Å². The normalized spacial score (nSPS) is 22.2. The molecular weight excluding hydrogens is 248 g/mol. The summed E-state index contributed by atoms with van der Waals surface area (Å²) in [5, 5.41) is 14.8. The lowest BCUT2D eigenvalue weighted by Gasteiger charge is -2.14. The number of carbonyl (C=O) groups is 2. The van der Waals surface area contributed by atoms with Gasteiger partial charge >= 0.3 is 5.97 Å². The van der Waals surface area contributed by atoms with Crippen molar-refractivity contribution in [1.82, 2.24) is 5.32 Å². The van der Waals surface area contributed by atoms with Gasteiger partial charge in [-0.2, -0.15) is 0 Å². The summed E-state index contributed by atoms with van der Waals surface area (Å²) in [7, 11) is 0. The molecule has 0 bridgehead atoms. The van der Waals surface area contributed by atoms with Crippen LogP contribution in [-0.2, 0) is 14.4 Å². The second-order valence-electron chi connectivity index (χ2n) is 4.79. The van der Waals surface area contributed by atoms with Gasteiger partial charge in [-0.05, 0) is 32.1 Å². The van der Waals surface area contributed by atoms with Crippen molar-refractivity contribution in [2.24, 2.45) is 5.16 Å². The Morgan fingerprint density at radius 3 is 2.95 bits per heavy atom. The van der Waals surface area contributed by atoms with E-state index in [0.29, 0.717) is 6.54 Å². The molecular formula is C13H18N2O4. The highest BCUT2D eigenvalue weighted by Crippen LogP contribution is 2.19. The number of amides is 1. The maximum Gasteiger partial charge on any atom is 0.353 e. The van der Waals surface area contributed by atoms with Crippen molar-refractivity contribution in [3.05, 3.63) is 11.6 Å². The first-order valence-corrected chi connectivity index (χ1v) is 6.58. The topological polar surface area (TPSA) is 88.0 Å². The standard InChI is InChI=1S/C13H18N2O4/c16-12(11-8-10(13(17)18)15-19-11)14-7-6-9-4-2-1-3-5-9/h4,11H,1-3,5-8H2,(H,14,16)(H,17,18). The Kier molecular flexibility index (Phi) is 4.54. The molecule has 6 nitrogen and oxygen atoms in total. The van der Waals surface area contributed by atoms with E-state index < -0.39 is 12.1 Å². The van der Waals surface area contributed by atoms with Crippen LogP contribution in [0.4, 0.5) is 0 Å². The molecule has 6 heteroatoms. The van der Waals surface area contributed by atoms with Crippen LogP contribution < -0.4 is 5.32 Å². The molecule has 1 heterocycles. The van der Waals surface area contributed by atoms with Gasteiger partial charge in [0.1, 0.15) is 0 Å². The molecule has 1 aliphatic carbocycles. The van der Waals surface area contributed by atoms with Crippen molar-refractivity contribution in [2.75, 3.05) is 6.54 Å². The van der Waals surface area contributed by atoms with Gasteiger partial charge in [-0.1, -0.05) is 16.8 Å². The monoisotopic (exact) mass is 266 g/mol. The second-order valence-corrected chi connectivity index (χ2v) is 4.79. The fourth-order valence-electron chi connectivity index (χ4n) is 2.24. The van der Waals surface area contributed by atoms with Crippen molar-refractivity contribution >= 4 is 17.6 Å². The van der Waals surface area contributed by atoms with Crippen LogP contribution in [0.15, 0.2) is 16.8 Å². The molecule has 1 amide bonds. The third-order valence-corrected chi connectivity index (χ3v) is 3.34. The van der Waals surface area contributed by atoms with E-state index >= 15 is 0 Å². The molecule has 2 N–H and O–H groups in total. The number of carbonyl (C=O) groups excluding carboxylic acids is 1. The highest BCUT2D eigenvalue weighted by atomic mass is 16.6. The molecule has 2 rings (SSSR count). The lowest BCUT2D eigenvalue weighted by Crippen LogP contribution is -2.35. The fraction of sp³-hybridized carbons (Fsp3) is 0.615. The average Bonchev–Trinajstić information content (AvgIpc) is 2.89. The van der Waals surface area contributed by atoms with Crippen molar-refractivity contribution in [3.8, 4) is 0 Å². The van der Waals surface area contributed by atoms with E-state index in [0.717, 1.165) is 19.3 Å². The summed E-state index contributed by atoms with van der Waals surface area (Å²) < 4.78 is 0. The average molecular weight is 266 g/mol. The predicted molar refractivity (Wildman–Crippen MR) is 68.7 cm³/mol. The molecule has 0 fully saturated rings. The van der Waals surface area contributed by atoms with Gasteiger partial charge < -0.3 is 15.3 Å². The fourth-order valence-corrected chi connectivity index (χ4v) is 2.24. The molecule has 0 aromatic rings. The van der Waals surface area contributed by atoms with Gasteiger partial charge in [-0.3, -0.25) is 4.79 Å². The minimum Gasteiger partial charge on any atom is -0.477 e. The van der Waals surface area contributed by atoms with Crippen LogP contribution in [-0.4, -0.2) is 35.3 Å². The summed E-state index contributed by atoms with van der Waals surface area (Å²) in [4.78, 5) is 27.2. The zero-order valence-electron chi connectivity index (χ0n) is 10.7. The Hall–Kier alpha value is -1.85. The number of hydrogen-bond donors (Lipinski definition) is 2. The lowest BCUT2D eigenvalue weighted by atomic mass is 9.97. The van der Waals surface area contributed by atoms with E-state index in [1.807, 2.05) is 0 Å². The molecule has 0 aromatic heterocycles. The van der Waals surface area contributed by atoms with Crippen molar-refractivity contribution in [2.45, 2.75) is 44.6 Å². The summed E-state index contributed by atoms with van der Waals surface area (Å²) >= 11 is 0. The van der Waals surface area contributed by atoms with E-state index in [-0.39, 0.29) is 18.0 Å². The van der Waals surface area contributed by atoms with E-state index in [9.17, 15) is 9.59 Å². The molecule has 2 aliphatic rings. The Morgan fingerprint density at radius 2 is 2.32 bits per heavy atom. The predicted octanol–water partition coefficient (Wildman–Crippen LogP) is 1.22. The highest BCUT2D eigenvalue weighted by Gasteiger charge is 2.31. The van der Waals surface area contributed by atoms with Gasteiger partial charge in [-0.25, -0.2) is 4.79 Å². The van der Waals surface area contributed by atoms with Crippen LogP contribution in [0.5, 0.6) is 0 Å². The number of allylic oxidation sites excluding steroid dienone is 1. The molecule has 0 saturated heterocycles. The third-order valence-electron chi connectivity index (χ3n) is 3.34. The highest BCUT2D eigenvalue weighted by molar-refractivity contribution is 6.36. The van der Waals surface area contributed by atoms with Crippen LogP contribution in [0, 0.1) is 0 Å². The van der Waals surface area contributed by atoms with Crippen LogP contribution in [0.25, 0.3) is 0 Å². The summed E-state index contributed by atoms with van der Waals surface area (Å²) in [6, 6.07) is 0. The Labute approximate surface area is 111 Å². The first kappa shape index (κ1) is 13.6. The van der Waals surface area contributed by atoms with E-state index in [4.69, 9.17) is 9.94 Å². The van der Waals surface area contributed by atoms with Gasteiger partial charge in [-0.15, -0.1) is 0 Å². The number of carboxylic acids is 1. The smallest absolute Gasteiger partial charge is 0.353 e. The number of nitrogens with one attached hydrogen (secondary N) is 1. The van der Waals surface area contributed by atoms with E-state index in [2.05, 4.69) is 16.5 Å². The molecule has 0 aromatic carbocycles. The Balaban J connectivity index is 1.68. The molecule has 0 spiro atoms. The second kappa shape index (κ2) is 6.36. The number of nitrogens with zero attached hydrogens (tertiary/aromatic N) is 1. The first-order chi connectivity index (χ1) is 9.16. The van der Waals surface area contributed by atoms with Gasteiger partial charge in [0.25, 0.3) is 5.91 Å². The number of carboxylic acid groups (broad SMARTS) is 1. The first-order valence-electron chi connectivity index (χ1n) is 6.58. The minimum atomic E-state index is -1.14. The summed E-state index contributed by atoms with van der Waals surface area (Å²) in [5.74, 6) is -1.43. The van der Waals surface area contributed by atoms with Crippen molar-refractivity contribution < 1.29 is 19.5 Å². The number of oxime groups is 1. The summed E-state index contributed by atoms with van der Waals surface area (Å²) in [5.41, 5.74) is 1.29. The Morgan fingerprint density at radius 1 is 1.47 bits per heavy atom. The number of rotatable bonds is 5. The van der Waals surface area contributed by atoms with E-state index in [1.54, 1.807) is 0 Å². The maximum absolute atomic E-state index is 11.7. The van der Waals surface area contributed by atoms with Crippen LogP contribution in [0.3, 0.4) is 0 Å². The maximum atomic E-state index is 11.7. The Bertz CT molecular complexity index is 428. The molecule has 0 saturated carbocycles. The van der Waals surface area contributed by atoms with Gasteiger partial charge in [0.05, 0.1) is 0 Å². The molecule has 1 unspecified atom stereocenters. The lowest BCUT2D eigenvalue weighted by molar-refractivity contribution is -0.131. The SMILES string of the molecule is O=C(O)C1=NOC(C(=O)NCCC2=CCCCC2)C1. The number of aliphatic carboxylic acids is 1. The molecule has 1 atom stereocenters.